The fraction of sp³-hybridized carbons (Fsp3) is 0.400. The lowest BCUT2D eigenvalue weighted by molar-refractivity contribution is 0.0902. The van der Waals surface area contributed by atoms with E-state index in [-0.39, 0.29) is 24.1 Å². The zero-order valence-corrected chi connectivity index (χ0v) is 9.50. The summed E-state index contributed by atoms with van der Waals surface area (Å²) in [6, 6.07) is 0.967. The Morgan fingerprint density at radius 3 is 3.06 bits per heavy atom. The Kier molecular flexibility index (Phi) is 5.14. The Balaban J connectivity index is 2.68. The average Bonchev–Trinajstić information content (AvgIpc) is 2.28. The maximum Gasteiger partial charge on any atom is 0.254 e. The molecule has 1 atom stereocenters. The van der Waals surface area contributed by atoms with Gasteiger partial charge in [-0.15, -0.1) is 11.6 Å². The van der Waals surface area contributed by atoms with Gasteiger partial charge in [-0.2, -0.15) is 0 Å². The molecule has 4 nitrogen and oxygen atoms in total. The smallest absolute Gasteiger partial charge is 0.254 e. The van der Waals surface area contributed by atoms with Crippen molar-refractivity contribution in [3.63, 3.8) is 0 Å². The number of hydrogen-bond donors (Lipinski definition) is 1. The van der Waals surface area contributed by atoms with Crippen molar-refractivity contribution in [1.82, 2.24) is 10.3 Å². The van der Waals surface area contributed by atoms with Crippen molar-refractivity contribution in [3.05, 3.63) is 29.8 Å². The fourth-order valence-corrected chi connectivity index (χ4v) is 1.31. The molecule has 1 heterocycles. The standard InChI is InChI=1S/C10H12ClFN2O2/c1-16-6-7(4-11)14-10(15)8-2-3-13-5-9(8)12/h2-3,5,7H,4,6H2,1H3,(H,14,15). The third kappa shape index (κ3) is 3.43. The number of methoxy groups -OCH3 is 1. The first kappa shape index (κ1) is 12.9. The van der Waals surface area contributed by atoms with Crippen LogP contribution < -0.4 is 5.32 Å². The van der Waals surface area contributed by atoms with Crippen LogP contribution in [0.15, 0.2) is 18.5 Å². The number of alkyl halides is 1. The summed E-state index contributed by atoms with van der Waals surface area (Å²) in [6.45, 7) is 0.280. The van der Waals surface area contributed by atoms with E-state index >= 15 is 0 Å². The summed E-state index contributed by atoms with van der Waals surface area (Å²) in [5.74, 6) is -0.986. The Hall–Kier alpha value is -1.20. The number of nitrogens with one attached hydrogen (secondary N) is 1. The molecule has 1 amide bonds. The van der Waals surface area contributed by atoms with Gasteiger partial charge in [-0.05, 0) is 6.07 Å². The van der Waals surface area contributed by atoms with Gasteiger partial charge in [-0.3, -0.25) is 9.78 Å². The second-order valence-electron chi connectivity index (χ2n) is 3.14. The van der Waals surface area contributed by atoms with Crippen molar-refractivity contribution < 1.29 is 13.9 Å². The molecule has 0 radical (unpaired) electrons. The molecular weight excluding hydrogens is 235 g/mol. The molecule has 0 spiro atoms. The predicted molar refractivity (Wildman–Crippen MR) is 58.0 cm³/mol. The normalized spacial score (nSPS) is 12.2. The minimum atomic E-state index is -0.661. The average molecular weight is 247 g/mol. The number of nitrogens with zero attached hydrogens (tertiary/aromatic N) is 1. The van der Waals surface area contributed by atoms with Crippen molar-refractivity contribution in [2.75, 3.05) is 19.6 Å². The van der Waals surface area contributed by atoms with E-state index in [2.05, 4.69) is 10.3 Å². The van der Waals surface area contributed by atoms with Crippen LogP contribution in [0.1, 0.15) is 10.4 Å². The van der Waals surface area contributed by atoms with Gasteiger partial charge in [0, 0.05) is 19.2 Å². The maximum absolute atomic E-state index is 13.2. The second kappa shape index (κ2) is 6.40. The van der Waals surface area contributed by atoms with Gasteiger partial charge in [-0.25, -0.2) is 4.39 Å². The first-order chi connectivity index (χ1) is 7.69. The number of amides is 1. The number of halogens is 2. The van der Waals surface area contributed by atoms with Crippen molar-refractivity contribution in [1.29, 1.82) is 0 Å². The lowest BCUT2D eigenvalue weighted by Crippen LogP contribution is -2.39. The molecule has 6 heteroatoms. The van der Waals surface area contributed by atoms with Gasteiger partial charge in [0.1, 0.15) is 0 Å². The van der Waals surface area contributed by atoms with Crippen LogP contribution >= 0.6 is 11.6 Å². The van der Waals surface area contributed by atoms with Crippen molar-refractivity contribution in [2.45, 2.75) is 6.04 Å². The molecule has 88 valence electrons. The minimum Gasteiger partial charge on any atom is -0.383 e. The summed E-state index contributed by atoms with van der Waals surface area (Å²) in [4.78, 5) is 15.2. The van der Waals surface area contributed by atoms with Gasteiger partial charge in [0.2, 0.25) is 0 Å². The van der Waals surface area contributed by atoms with Gasteiger partial charge < -0.3 is 10.1 Å². The number of carbonyl (C=O) groups is 1. The van der Waals surface area contributed by atoms with E-state index in [9.17, 15) is 9.18 Å². The highest BCUT2D eigenvalue weighted by molar-refractivity contribution is 6.18. The molecule has 0 saturated heterocycles. The molecule has 1 unspecified atom stereocenters. The number of aromatic nitrogens is 1. The molecule has 1 aromatic rings. The van der Waals surface area contributed by atoms with Crippen molar-refractivity contribution >= 4 is 17.5 Å². The van der Waals surface area contributed by atoms with Crippen LogP contribution in [-0.2, 0) is 4.74 Å². The Morgan fingerprint density at radius 1 is 1.75 bits per heavy atom. The molecule has 16 heavy (non-hydrogen) atoms. The van der Waals surface area contributed by atoms with E-state index in [1.165, 1.54) is 19.4 Å². The molecule has 0 aliphatic rings. The van der Waals surface area contributed by atoms with Crippen LogP contribution in [0.4, 0.5) is 4.39 Å². The van der Waals surface area contributed by atoms with E-state index < -0.39 is 11.7 Å². The van der Waals surface area contributed by atoms with E-state index in [0.29, 0.717) is 0 Å². The lowest BCUT2D eigenvalue weighted by Gasteiger charge is -2.14. The Labute approximate surface area is 97.8 Å². The van der Waals surface area contributed by atoms with Gasteiger partial charge in [0.25, 0.3) is 5.91 Å². The lowest BCUT2D eigenvalue weighted by atomic mass is 10.2. The Bertz CT molecular complexity index is 362. The van der Waals surface area contributed by atoms with Gasteiger partial charge >= 0.3 is 0 Å². The first-order valence-corrected chi connectivity index (χ1v) is 5.17. The second-order valence-corrected chi connectivity index (χ2v) is 3.44. The van der Waals surface area contributed by atoms with Gasteiger partial charge in [0.05, 0.1) is 24.4 Å². The molecule has 0 aromatic carbocycles. The predicted octanol–water partition coefficient (Wildman–Crippen LogP) is 1.20. The molecule has 0 aliphatic heterocycles. The van der Waals surface area contributed by atoms with Crippen LogP contribution in [0.5, 0.6) is 0 Å². The topological polar surface area (TPSA) is 51.2 Å². The quantitative estimate of drug-likeness (QED) is 0.795. The summed E-state index contributed by atoms with van der Waals surface area (Å²) in [7, 11) is 1.50. The molecule has 0 saturated carbocycles. The molecular formula is C10H12ClFN2O2. The Morgan fingerprint density at radius 2 is 2.50 bits per heavy atom. The number of rotatable bonds is 5. The number of carbonyl (C=O) groups excluding carboxylic acids is 1. The largest absolute Gasteiger partial charge is 0.383 e. The monoisotopic (exact) mass is 246 g/mol. The van der Waals surface area contributed by atoms with E-state index in [1.54, 1.807) is 0 Å². The molecule has 0 bridgehead atoms. The highest BCUT2D eigenvalue weighted by Crippen LogP contribution is 2.04. The maximum atomic E-state index is 13.2. The zero-order chi connectivity index (χ0) is 12.0. The van der Waals surface area contributed by atoms with Crippen LogP contribution in [0.3, 0.4) is 0 Å². The third-order valence-corrected chi connectivity index (χ3v) is 2.28. The molecule has 1 aromatic heterocycles. The van der Waals surface area contributed by atoms with Gasteiger partial charge in [-0.1, -0.05) is 0 Å². The van der Waals surface area contributed by atoms with Crippen LogP contribution in [0.2, 0.25) is 0 Å². The highest BCUT2D eigenvalue weighted by Gasteiger charge is 2.15. The molecule has 0 fully saturated rings. The summed E-state index contributed by atoms with van der Waals surface area (Å²) in [5.41, 5.74) is -0.0544. The molecule has 1 N–H and O–H groups in total. The summed E-state index contributed by atoms with van der Waals surface area (Å²) >= 11 is 5.62. The van der Waals surface area contributed by atoms with Crippen LogP contribution in [0, 0.1) is 5.82 Å². The minimum absolute atomic E-state index is 0.0544. The van der Waals surface area contributed by atoms with E-state index in [1.807, 2.05) is 0 Å². The first-order valence-electron chi connectivity index (χ1n) is 4.64. The SMILES string of the molecule is COCC(CCl)NC(=O)c1ccncc1F. The van der Waals surface area contributed by atoms with E-state index in [4.69, 9.17) is 16.3 Å². The number of pyridine rings is 1. The zero-order valence-electron chi connectivity index (χ0n) is 8.74. The van der Waals surface area contributed by atoms with E-state index in [0.717, 1.165) is 6.20 Å². The van der Waals surface area contributed by atoms with Gasteiger partial charge in [0.15, 0.2) is 5.82 Å². The van der Waals surface area contributed by atoms with Crippen LogP contribution in [-0.4, -0.2) is 36.5 Å². The van der Waals surface area contributed by atoms with Crippen LogP contribution in [0.25, 0.3) is 0 Å². The van der Waals surface area contributed by atoms with Crippen molar-refractivity contribution in [2.24, 2.45) is 0 Å². The fourth-order valence-electron chi connectivity index (χ4n) is 1.15. The molecule has 0 aliphatic carbocycles. The number of ether oxygens (including phenoxy) is 1. The number of hydrogen-bond acceptors (Lipinski definition) is 3. The summed E-state index contributed by atoms with van der Waals surface area (Å²) in [5, 5.41) is 2.56. The van der Waals surface area contributed by atoms with Crippen molar-refractivity contribution in [3.8, 4) is 0 Å². The summed E-state index contributed by atoms with van der Waals surface area (Å²) in [6.07, 6.45) is 2.34. The summed E-state index contributed by atoms with van der Waals surface area (Å²) < 4.78 is 18.0. The third-order valence-electron chi connectivity index (χ3n) is 1.91. The highest BCUT2D eigenvalue weighted by atomic mass is 35.5. The molecule has 1 rings (SSSR count).